The highest BCUT2D eigenvalue weighted by Crippen LogP contribution is 1.64. The van der Waals surface area contributed by atoms with E-state index in [0.29, 0.717) is 0 Å². The summed E-state index contributed by atoms with van der Waals surface area (Å²) in [5.74, 6) is 0. The van der Waals surface area contributed by atoms with E-state index in [1.165, 1.54) is 0 Å². The molecule has 4 heteroatoms. The molecule has 0 aliphatic heterocycles. The second kappa shape index (κ2) is 4.01. The molecule has 0 atom stereocenters. The van der Waals surface area contributed by atoms with Crippen LogP contribution in [0.3, 0.4) is 0 Å². The van der Waals surface area contributed by atoms with Crippen molar-refractivity contribution in [3.05, 3.63) is 0 Å². The highest BCUT2D eigenvalue weighted by Gasteiger charge is 1.90. The molecule has 0 saturated carbocycles. The number of hydrogen-bond donors (Lipinski definition) is 4. The van der Waals surface area contributed by atoms with Crippen molar-refractivity contribution in [1.82, 2.24) is 5.32 Å². The van der Waals surface area contributed by atoms with E-state index in [1.807, 2.05) is 0 Å². The van der Waals surface area contributed by atoms with Crippen LogP contribution in [0.1, 0.15) is 0 Å². The Morgan fingerprint density at radius 2 is 2.14 bits per heavy atom. The van der Waals surface area contributed by atoms with Gasteiger partial charge in [0, 0.05) is 13.2 Å². The van der Waals surface area contributed by atoms with Gasteiger partial charge in [0.2, 0.25) is 0 Å². The van der Waals surface area contributed by atoms with Gasteiger partial charge in [0.15, 0.2) is 6.29 Å². The van der Waals surface area contributed by atoms with E-state index in [-0.39, 0.29) is 13.2 Å². The average molecular weight is 106 g/mol. The molecule has 0 bridgehead atoms. The Morgan fingerprint density at radius 1 is 1.57 bits per heavy atom. The molecular formula is C3H10N2O2. The molecule has 0 fully saturated rings. The van der Waals surface area contributed by atoms with E-state index in [9.17, 15) is 0 Å². The van der Waals surface area contributed by atoms with Gasteiger partial charge in [-0.05, 0) is 0 Å². The Balaban J connectivity index is 2.68. The molecule has 0 aliphatic rings. The van der Waals surface area contributed by atoms with Crippen LogP contribution in [0, 0.1) is 0 Å². The molecule has 4 nitrogen and oxygen atoms in total. The minimum atomic E-state index is -1.29. The van der Waals surface area contributed by atoms with Crippen LogP contribution in [-0.2, 0) is 0 Å². The molecule has 0 amide bonds. The smallest absolute Gasteiger partial charge is 0.164 e. The molecule has 0 rings (SSSR count). The predicted octanol–water partition coefficient (Wildman–Crippen LogP) is -2.20. The maximum absolute atomic E-state index is 8.12. The van der Waals surface area contributed by atoms with Crippen LogP contribution in [0.5, 0.6) is 0 Å². The summed E-state index contributed by atoms with van der Waals surface area (Å²) < 4.78 is 0. The Hall–Kier alpha value is -0.160. The zero-order valence-corrected chi connectivity index (χ0v) is 3.96. The quantitative estimate of drug-likeness (QED) is 0.308. The van der Waals surface area contributed by atoms with Crippen molar-refractivity contribution in [3.63, 3.8) is 0 Å². The van der Waals surface area contributed by atoms with Gasteiger partial charge in [-0.1, -0.05) is 0 Å². The summed E-state index contributed by atoms with van der Waals surface area (Å²) in [7, 11) is 0. The minimum Gasteiger partial charge on any atom is -0.367 e. The highest BCUT2D eigenvalue weighted by molar-refractivity contribution is 4.40. The standard InChI is InChI=1S/C3H10N2O2/c4-2-5-1-3(6)7/h3,5-7H,1-2,4H2. The van der Waals surface area contributed by atoms with Crippen LogP contribution < -0.4 is 11.1 Å². The second-order valence-corrected chi connectivity index (χ2v) is 1.14. The van der Waals surface area contributed by atoms with Gasteiger partial charge in [0.05, 0.1) is 0 Å². The van der Waals surface area contributed by atoms with Gasteiger partial charge in [0.1, 0.15) is 0 Å². The maximum Gasteiger partial charge on any atom is 0.164 e. The number of aliphatic hydroxyl groups is 2. The van der Waals surface area contributed by atoms with Gasteiger partial charge in [0.25, 0.3) is 0 Å². The third-order valence-electron chi connectivity index (χ3n) is 0.471. The number of nitrogens with two attached hydrogens (primary N) is 1. The Labute approximate surface area is 41.9 Å². The lowest BCUT2D eigenvalue weighted by atomic mass is 10.6. The minimum absolute atomic E-state index is 0.135. The summed E-state index contributed by atoms with van der Waals surface area (Å²) >= 11 is 0. The van der Waals surface area contributed by atoms with Crippen LogP contribution in [0.25, 0.3) is 0 Å². The van der Waals surface area contributed by atoms with Crippen molar-refractivity contribution in [2.45, 2.75) is 6.29 Å². The summed E-state index contributed by atoms with van der Waals surface area (Å²) in [4.78, 5) is 0. The maximum atomic E-state index is 8.12. The van der Waals surface area contributed by atoms with Crippen LogP contribution in [0.4, 0.5) is 0 Å². The van der Waals surface area contributed by atoms with Crippen molar-refractivity contribution in [3.8, 4) is 0 Å². The summed E-state index contributed by atoms with van der Waals surface area (Å²) in [6, 6.07) is 0. The second-order valence-electron chi connectivity index (χ2n) is 1.14. The normalized spacial score (nSPS) is 10.3. The predicted molar refractivity (Wildman–Crippen MR) is 25.3 cm³/mol. The van der Waals surface area contributed by atoms with Gasteiger partial charge in [-0.25, -0.2) is 0 Å². The van der Waals surface area contributed by atoms with Crippen molar-refractivity contribution < 1.29 is 10.2 Å². The molecule has 0 spiro atoms. The van der Waals surface area contributed by atoms with Crippen molar-refractivity contribution in [2.24, 2.45) is 5.73 Å². The zero-order valence-electron chi connectivity index (χ0n) is 3.96. The number of rotatable bonds is 3. The number of nitrogens with one attached hydrogen (secondary N) is 1. The molecule has 0 radical (unpaired) electrons. The highest BCUT2D eigenvalue weighted by atomic mass is 16.5. The molecule has 0 aromatic carbocycles. The van der Waals surface area contributed by atoms with E-state index in [4.69, 9.17) is 15.9 Å². The first kappa shape index (κ1) is 6.84. The zero-order chi connectivity index (χ0) is 5.70. The Morgan fingerprint density at radius 3 is 2.29 bits per heavy atom. The van der Waals surface area contributed by atoms with Gasteiger partial charge in [-0.3, -0.25) is 5.32 Å². The first-order valence-electron chi connectivity index (χ1n) is 2.04. The molecule has 7 heavy (non-hydrogen) atoms. The lowest BCUT2D eigenvalue weighted by Gasteiger charge is -2.00. The first-order chi connectivity index (χ1) is 3.27. The van der Waals surface area contributed by atoms with Gasteiger partial charge in [-0.2, -0.15) is 0 Å². The van der Waals surface area contributed by atoms with Crippen molar-refractivity contribution in [2.75, 3.05) is 13.2 Å². The molecule has 0 saturated heterocycles. The fourth-order valence-corrected chi connectivity index (χ4v) is 0.212. The van der Waals surface area contributed by atoms with E-state index in [2.05, 4.69) is 5.32 Å². The average Bonchev–Trinajstić information content (AvgIpc) is 1.61. The summed E-state index contributed by atoms with van der Waals surface area (Å²) in [5.41, 5.74) is 4.94. The molecule has 0 aromatic rings. The topological polar surface area (TPSA) is 78.5 Å². The summed E-state index contributed by atoms with van der Waals surface area (Å²) in [6.07, 6.45) is -1.29. The number of aliphatic hydroxyl groups excluding tert-OH is 1. The lowest BCUT2D eigenvalue weighted by Crippen LogP contribution is -2.30. The fourth-order valence-electron chi connectivity index (χ4n) is 0.212. The SMILES string of the molecule is NCNCC(O)O. The summed E-state index contributed by atoms with van der Waals surface area (Å²) in [6.45, 7) is 0.411. The van der Waals surface area contributed by atoms with E-state index < -0.39 is 6.29 Å². The van der Waals surface area contributed by atoms with E-state index in [1.54, 1.807) is 0 Å². The molecular weight excluding hydrogens is 96.0 g/mol. The Kier molecular flexibility index (Phi) is 3.92. The molecule has 0 aliphatic carbocycles. The van der Waals surface area contributed by atoms with Gasteiger partial charge >= 0.3 is 0 Å². The lowest BCUT2D eigenvalue weighted by molar-refractivity contribution is -0.0369. The van der Waals surface area contributed by atoms with Gasteiger partial charge in [-0.15, -0.1) is 0 Å². The van der Waals surface area contributed by atoms with Crippen LogP contribution in [-0.4, -0.2) is 29.7 Å². The largest absolute Gasteiger partial charge is 0.367 e. The fraction of sp³-hybridized carbons (Fsp3) is 1.00. The molecule has 5 N–H and O–H groups in total. The van der Waals surface area contributed by atoms with Gasteiger partial charge < -0.3 is 15.9 Å². The van der Waals surface area contributed by atoms with Crippen molar-refractivity contribution in [1.29, 1.82) is 0 Å². The third-order valence-corrected chi connectivity index (χ3v) is 0.471. The van der Waals surface area contributed by atoms with Crippen molar-refractivity contribution >= 4 is 0 Å². The van der Waals surface area contributed by atoms with E-state index >= 15 is 0 Å². The van der Waals surface area contributed by atoms with Crippen LogP contribution in [0.15, 0.2) is 0 Å². The molecule has 44 valence electrons. The molecule has 0 unspecified atom stereocenters. The summed E-state index contributed by atoms with van der Waals surface area (Å²) in [5, 5.41) is 18.8. The third kappa shape index (κ3) is 5.84. The monoisotopic (exact) mass is 106 g/mol. The van der Waals surface area contributed by atoms with E-state index in [0.717, 1.165) is 0 Å². The molecule has 0 aromatic heterocycles. The van der Waals surface area contributed by atoms with Crippen LogP contribution >= 0.6 is 0 Å². The molecule has 0 heterocycles. The Bertz CT molecular complexity index is 39.9. The first-order valence-corrected chi connectivity index (χ1v) is 2.04. The number of hydrogen-bond acceptors (Lipinski definition) is 4. The van der Waals surface area contributed by atoms with Crippen LogP contribution in [0.2, 0.25) is 0 Å².